The van der Waals surface area contributed by atoms with Gasteiger partial charge in [-0.2, -0.15) is 0 Å². The number of thiophene rings is 1. The first-order valence-electron chi connectivity index (χ1n) is 8.83. The first-order valence-corrected chi connectivity index (χ1v) is 9.71. The molecule has 0 saturated carbocycles. The summed E-state index contributed by atoms with van der Waals surface area (Å²) in [6, 6.07) is 12.0. The second-order valence-corrected chi connectivity index (χ2v) is 7.74. The largest absolute Gasteiger partial charge is 0.357 e. The summed E-state index contributed by atoms with van der Waals surface area (Å²) in [6.45, 7) is 10.2. The van der Waals surface area contributed by atoms with E-state index in [1.54, 1.807) is 11.3 Å². The van der Waals surface area contributed by atoms with Crippen LogP contribution in [0.25, 0.3) is 0 Å². The lowest BCUT2D eigenvalue weighted by atomic mass is 9.91. The van der Waals surface area contributed by atoms with Crippen LogP contribution in [0.2, 0.25) is 0 Å². The predicted molar refractivity (Wildman–Crippen MR) is 111 cm³/mol. The van der Waals surface area contributed by atoms with Crippen molar-refractivity contribution in [2.45, 2.75) is 39.7 Å². The summed E-state index contributed by atoms with van der Waals surface area (Å²) >= 11 is 1.78. The minimum Gasteiger partial charge on any atom is -0.357 e. The molecule has 3 N–H and O–H groups in total. The Morgan fingerprint density at radius 3 is 2.65 bits per heavy atom. The van der Waals surface area contributed by atoms with Crippen LogP contribution in [0.1, 0.15) is 38.1 Å². The maximum absolute atomic E-state index is 11.2. The van der Waals surface area contributed by atoms with Gasteiger partial charge in [-0.1, -0.05) is 32.0 Å². The van der Waals surface area contributed by atoms with Gasteiger partial charge in [0.05, 0.1) is 6.54 Å². The molecule has 1 aromatic heterocycles. The van der Waals surface area contributed by atoms with Crippen molar-refractivity contribution in [3.8, 4) is 0 Å². The van der Waals surface area contributed by atoms with Gasteiger partial charge in [0.1, 0.15) is 0 Å². The van der Waals surface area contributed by atoms with Crippen molar-refractivity contribution < 1.29 is 4.79 Å². The highest BCUT2D eigenvalue weighted by molar-refractivity contribution is 7.10. The van der Waals surface area contributed by atoms with Crippen molar-refractivity contribution in [3.05, 3.63) is 52.2 Å². The molecule has 0 atom stereocenters. The van der Waals surface area contributed by atoms with Gasteiger partial charge in [-0.3, -0.25) is 4.79 Å². The van der Waals surface area contributed by atoms with Crippen molar-refractivity contribution in [3.63, 3.8) is 0 Å². The Morgan fingerprint density at radius 2 is 2.00 bits per heavy atom. The average Bonchev–Trinajstić information content (AvgIpc) is 3.13. The van der Waals surface area contributed by atoms with Crippen LogP contribution in [0, 0.1) is 0 Å². The van der Waals surface area contributed by atoms with Crippen LogP contribution in [0.15, 0.2) is 46.8 Å². The van der Waals surface area contributed by atoms with Gasteiger partial charge in [-0.15, -0.1) is 11.3 Å². The summed E-state index contributed by atoms with van der Waals surface area (Å²) in [5.74, 6) is 0.721. The van der Waals surface area contributed by atoms with Gasteiger partial charge in [-0.25, -0.2) is 4.99 Å². The van der Waals surface area contributed by atoms with Crippen molar-refractivity contribution in [1.82, 2.24) is 10.6 Å². The molecule has 2 aromatic rings. The summed E-state index contributed by atoms with van der Waals surface area (Å²) in [5.41, 5.74) is 1.88. The Hall–Kier alpha value is -2.34. The Kier molecular flexibility index (Phi) is 7.21. The standard InChI is InChI=1S/C20H28N4OS/c1-5-21-19(23-14-20(3,4)18-10-7-11-26-18)22-13-16-8-6-9-17(12-16)24-15(2)25/h6-12H,5,13-14H2,1-4H3,(H,24,25)(H2,21,22,23). The Bertz CT molecular complexity index is 738. The lowest BCUT2D eigenvalue weighted by Gasteiger charge is -2.25. The normalized spacial score (nSPS) is 11.9. The van der Waals surface area contributed by atoms with E-state index in [-0.39, 0.29) is 11.3 Å². The second-order valence-electron chi connectivity index (χ2n) is 6.79. The molecule has 0 radical (unpaired) electrons. The lowest BCUT2D eigenvalue weighted by molar-refractivity contribution is -0.114. The Labute approximate surface area is 159 Å². The van der Waals surface area contributed by atoms with Crippen LogP contribution in [0.5, 0.6) is 0 Å². The highest BCUT2D eigenvalue weighted by Crippen LogP contribution is 2.26. The molecule has 6 heteroatoms. The van der Waals surface area contributed by atoms with Crippen LogP contribution >= 0.6 is 11.3 Å². The van der Waals surface area contributed by atoms with Gasteiger partial charge in [-0.05, 0) is 36.1 Å². The molecule has 2 rings (SSSR count). The van der Waals surface area contributed by atoms with E-state index in [9.17, 15) is 4.79 Å². The van der Waals surface area contributed by atoms with Crippen LogP contribution < -0.4 is 16.0 Å². The summed E-state index contributed by atoms with van der Waals surface area (Å²) < 4.78 is 0. The molecule has 5 nitrogen and oxygen atoms in total. The monoisotopic (exact) mass is 372 g/mol. The van der Waals surface area contributed by atoms with Crippen LogP contribution in [0.4, 0.5) is 5.69 Å². The number of guanidine groups is 1. The third-order valence-corrected chi connectivity index (χ3v) is 5.13. The Balaban J connectivity index is 2.01. The molecule has 0 saturated heterocycles. The lowest BCUT2D eigenvalue weighted by Crippen LogP contribution is -2.43. The average molecular weight is 373 g/mol. The maximum atomic E-state index is 11.2. The highest BCUT2D eigenvalue weighted by atomic mass is 32.1. The molecule has 1 aromatic carbocycles. The van der Waals surface area contributed by atoms with E-state index in [2.05, 4.69) is 59.2 Å². The second kappa shape index (κ2) is 9.38. The van der Waals surface area contributed by atoms with Gasteiger partial charge in [0.15, 0.2) is 5.96 Å². The number of nitrogens with zero attached hydrogens (tertiary/aromatic N) is 1. The van der Waals surface area contributed by atoms with Gasteiger partial charge >= 0.3 is 0 Å². The number of anilines is 1. The number of rotatable bonds is 7. The summed E-state index contributed by atoms with van der Waals surface area (Å²) in [7, 11) is 0. The minimum atomic E-state index is -0.0727. The van der Waals surface area contributed by atoms with Crippen LogP contribution in [0.3, 0.4) is 0 Å². The van der Waals surface area contributed by atoms with Crippen molar-refractivity contribution >= 4 is 28.9 Å². The van der Waals surface area contributed by atoms with Gasteiger partial charge < -0.3 is 16.0 Å². The van der Waals surface area contributed by atoms with E-state index in [0.717, 1.165) is 30.3 Å². The maximum Gasteiger partial charge on any atom is 0.221 e. The topological polar surface area (TPSA) is 65.5 Å². The summed E-state index contributed by atoms with van der Waals surface area (Å²) in [5, 5.41) is 11.6. The molecule has 1 heterocycles. The molecule has 0 aliphatic heterocycles. The van der Waals surface area contributed by atoms with Gasteiger partial charge in [0, 0.05) is 36.0 Å². The van der Waals surface area contributed by atoms with Gasteiger partial charge in [0.2, 0.25) is 5.91 Å². The van der Waals surface area contributed by atoms with E-state index in [4.69, 9.17) is 0 Å². The third kappa shape index (κ3) is 6.19. The predicted octanol–water partition coefficient (Wildman–Crippen LogP) is 3.74. The number of nitrogens with one attached hydrogen (secondary N) is 3. The zero-order chi connectivity index (χ0) is 19.0. The first kappa shape index (κ1) is 20.0. The fourth-order valence-electron chi connectivity index (χ4n) is 2.52. The zero-order valence-corrected chi connectivity index (χ0v) is 16.7. The van der Waals surface area contributed by atoms with E-state index in [1.807, 2.05) is 24.3 Å². The number of hydrogen-bond donors (Lipinski definition) is 3. The molecule has 0 bridgehead atoms. The molecule has 0 aliphatic carbocycles. The number of hydrogen-bond acceptors (Lipinski definition) is 3. The number of carbonyl (C=O) groups is 1. The Morgan fingerprint density at radius 1 is 1.19 bits per heavy atom. The zero-order valence-electron chi connectivity index (χ0n) is 15.9. The number of benzene rings is 1. The van der Waals surface area contributed by atoms with Crippen molar-refractivity contribution in [1.29, 1.82) is 0 Å². The smallest absolute Gasteiger partial charge is 0.221 e. The highest BCUT2D eigenvalue weighted by Gasteiger charge is 2.21. The van der Waals surface area contributed by atoms with Crippen LogP contribution in [-0.4, -0.2) is 25.0 Å². The van der Waals surface area contributed by atoms with E-state index in [0.29, 0.717) is 6.54 Å². The fraction of sp³-hybridized carbons (Fsp3) is 0.400. The third-order valence-electron chi connectivity index (χ3n) is 3.90. The van der Waals surface area contributed by atoms with Crippen LogP contribution in [-0.2, 0) is 16.8 Å². The molecule has 140 valence electrons. The summed E-state index contributed by atoms with van der Waals surface area (Å²) in [6.07, 6.45) is 0. The molecule has 26 heavy (non-hydrogen) atoms. The molecule has 1 amide bonds. The first-order chi connectivity index (χ1) is 12.4. The molecule has 0 fully saturated rings. The molecule has 0 spiro atoms. The number of carbonyl (C=O) groups excluding carboxylic acids is 1. The molecular weight excluding hydrogens is 344 g/mol. The van der Waals surface area contributed by atoms with Gasteiger partial charge in [0.25, 0.3) is 0 Å². The van der Waals surface area contributed by atoms with E-state index < -0.39 is 0 Å². The number of aliphatic imine (C=N–C) groups is 1. The fourth-order valence-corrected chi connectivity index (χ4v) is 3.37. The minimum absolute atomic E-state index is 0.0374. The molecular formula is C20H28N4OS. The van der Waals surface area contributed by atoms with Crippen molar-refractivity contribution in [2.75, 3.05) is 18.4 Å². The molecule has 0 unspecified atom stereocenters. The van der Waals surface area contributed by atoms with E-state index in [1.165, 1.54) is 11.8 Å². The van der Waals surface area contributed by atoms with E-state index >= 15 is 0 Å². The molecule has 0 aliphatic rings. The quantitative estimate of drug-likeness (QED) is 0.512. The SMILES string of the molecule is CCNC(=NCc1cccc(NC(C)=O)c1)NCC(C)(C)c1cccs1. The number of amides is 1. The van der Waals surface area contributed by atoms with Crippen molar-refractivity contribution in [2.24, 2.45) is 4.99 Å². The summed E-state index contributed by atoms with van der Waals surface area (Å²) in [4.78, 5) is 17.2.